The molecule has 1 aromatic rings. The Balaban J connectivity index is 0.00000312. The summed E-state index contributed by atoms with van der Waals surface area (Å²) in [6.07, 6.45) is 0.618. The smallest absolute Gasteiger partial charge is 0.323 e. The normalized spacial score (nSPS) is 20.8. The Labute approximate surface area is 158 Å². The summed E-state index contributed by atoms with van der Waals surface area (Å²) in [6, 6.07) is 6.21. The second-order valence-electron chi connectivity index (χ2n) is 8.67. The van der Waals surface area contributed by atoms with Crippen molar-refractivity contribution in [3.8, 4) is 5.75 Å². The first-order valence-corrected chi connectivity index (χ1v) is 8.65. The Bertz CT molecular complexity index is 602. The number of benzene rings is 1. The van der Waals surface area contributed by atoms with Crippen LogP contribution in [0.15, 0.2) is 18.2 Å². The van der Waals surface area contributed by atoms with Gasteiger partial charge in [-0.25, -0.2) is 0 Å². The average molecular weight is 370 g/mol. The van der Waals surface area contributed by atoms with Crippen molar-refractivity contribution in [3.63, 3.8) is 0 Å². The van der Waals surface area contributed by atoms with Gasteiger partial charge in [-0.15, -0.1) is 12.4 Å². The summed E-state index contributed by atoms with van der Waals surface area (Å²) in [7, 11) is 1.42. The highest BCUT2D eigenvalue weighted by Gasteiger charge is 2.32. The van der Waals surface area contributed by atoms with Gasteiger partial charge in [-0.2, -0.15) is 0 Å². The molecule has 5 heteroatoms. The van der Waals surface area contributed by atoms with Crippen molar-refractivity contribution in [1.29, 1.82) is 0 Å². The molecule has 2 rings (SSSR count). The summed E-state index contributed by atoms with van der Waals surface area (Å²) >= 11 is 0. The fourth-order valence-electron chi connectivity index (χ4n) is 2.98. The maximum atomic E-state index is 11.7. The zero-order chi connectivity index (χ0) is 18.1. The molecule has 0 bridgehead atoms. The molecule has 1 N–H and O–H groups in total. The number of hydrogen-bond donors (Lipinski definition) is 1. The molecular formula is C20H32ClNO3. The predicted octanol–water partition coefficient (Wildman–Crippen LogP) is 3.99. The van der Waals surface area contributed by atoms with Gasteiger partial charge < -0.3 is 14.8 Å². The zero-order valence-corrected chi connectivity index (χ0v) is 17.3. The van der Waals surface area contributed by atoms with Crippen molar-refractivity contribution >= 4 is 18.4 Å². The summed E-state index contributed by atoms with van der Waals surface area (Å²) in [6.45, 7) is 13.9. The summed E-state index contributed by atoms with van der Waals surface area (Å²) in [4.78, 5) is 11.7. The second kappa shape index (κ2) is 7.96. The van der Waals surface area contributed by atoms with Gasteiger partial charge in [-0.05, 0) is 28.0 Å². The van der Waals surface area contributed by atoms with Crippen molar-refractivity contribution in [3.05, 3.63) is 29.3 Å². The molecule has 1 saturated heterocycles. The highest BCUT2D eigenvalue weighted by Crippen LogP contribution is 2.36. The number of methoxy groups -OCH3 is 1. The van der Waals surface area contributed by atoms with Crippen LogP contribution in [0.5, 0.6) is 5.75 Å². The third-order valence-electron chi connectivity index (χ3n) is 4.52. The van der Waals surface area contributed by atoms with E-state index in [2.05, 4.69) is 65.1 Å². The van der Waals surface area contributed by atoms with Crippen LogP contribution in [0.4, 0.5) is 0 Å². The monoisotopic (exact) mass is 369 g/mol. The lowest BCUT2D eigenvalue weighted by atomic mass is 9.80. The molecule has 1 heterocycles. The molecule has 0 saturated carbocycles. The third-order valence-corrected chi connectivity index (χ3v) is 4.52. The van der Waals surface area contributed by atoms with E-state index in [1.807, 2.05) is 0 Å². The Hall–Kier alpha value is -1.26. The van der Waals surface area contributed by atoms with Crippen LogP contribution in [-0.4, -0.2) is 31.8 Å². The van der Waals surface area contributed by atoms with Crippen LogP contribution < -0.4 is 10.1 Å². The second-order valence-corrected chi connectivity index (χ2v) is 8.67. The predicted molar refractivity (Wildman–Crippen MR) is 104 cm³/mol. The number of hydrogen-bond acceptors (Lipinski definition) is 4. The van der Waals surface area contributed by atoms with Gasteiger partial charge in [0.2, 0.25) is 0 Å². The summed E-state index contributed by atoms with van der Waals surface area (Å²) in [5.74, 6) is 0.688. The van der Waals surface area contributed by atoms with E-state index in [9.17, 15) is 4.79 Å². The van der Waals surface area contributed by atoms with E-state index >= 15 is 0 Å². The van der Waals surface area contributed by atoms with Crippen molar-refractivity contribution < 1.29 is 14.3 Å². The quantitative estimate of drug-likeness (QED) is 0.818. The van der Waals surface area contributed by atoms with E-state index in [0.29, 0.717) is 13.0 Å². The largest absolute Gasteiger partial charge is 0.489 e. The number of nitrogens with one attached hydrogen (secondary N) is 1. The van der Waals surface area contributed by atoms with Gasteiger partial charge in [0, 0.05) is 13.0 Å². The standard InChI is InChI=1S/C20H31NO3.ClH/c1-19(2,3)13-8-9-17(15(10-13)20(4,5)6)24-14-11-16(21-12-14)18(22)23-7;/h8-10,14,16,21H,11-12H2,1-7H3;1H/t14-,16-;/m0./s1. The Kier molecular flexibility index (Phi) is 6.94. The van der Waals surface area contributed by atoms with Gasteiger partial charge in [-0.3, -0.25) is 4.79 Å². The summed E-state index contributed by atoms with van der Waals surface area (Å²) in [5.41, 5.74) is 2.60. The molecule has 0 aromatic heterocycles. The van der Waals surface area contributed by atoms with E-state index in [-0.39, 0.29) is 41.4 Å². The van der Waals surface area contributed by atoms with Crippen LogP contribution >= 0.6 is 12.4 Å². The molecule has 0 spiro atoms. The fraction of sp³-hybridized carbons (Fsp3) is 0.650. The maximum Gasteiger partial charge on any atom is 0.323 e. The van der Waals surface area contributed by atoms with Gasteiger partial charge in [0.05, 0.1) is 7.11 Å². The number of ether oxygens (including phenoxy) is 2. The highest BCUT2D eigenvalue weighted by molar-refractivity contribution is 5.85. The van der Waals surface area contributed by atoms with Gasteiger partial charge in [0.15, 0.2) is 0 Å². The van der Waals surface area contributed by atoms with Crippen LogP contribution in [0.1, 0.15) is 59.1 Å². The van der Waals surface area contributed by atoms with E-state index < -0.39 is 0 Å². The van der Waals surface area contributed by atoms with Crippen LogP contribution in [0.3, 0.4) is 0 Å². The SMILES string of the molecule is COC(=O)[C@@H]1C[C@H](Oc2ccc(C(C)(C)C)cc2C(C)(C)C)CN1.Cl. The molecule has 1 aliphatic heterocycles. The van der Waals surface area contributed by atoms with E-state index in [1.165, 1.54) is 18.2 Å². The number of esters is 1. The van der Waals surface area contributed by atoms with Gasteiger partial charge in [-0.1, -0.05) is 53.7 Å². The average Bonchev–Trinajstić information content (AvgIpc) is 2.93. The zero-order valence-electron chi connectivity index (χ0n) is 16.4. The molecule has 0 amide bonds. The van der Waals surface area contributed by atoms with Crippen LogP contribution in [-0.2, 0) is 20.4 Å². The minimum atomic E-state index is -0.271. The number of carbonyl (C=O) groups is 1. The fourth-order valence-corrected chi connectivity index (χ4v) is 2.98. The molecule has 0 aliphatic carbocycles. The lowest BCUT2D eigenvalue weighted by molar-refractivity contribution is -0.142. The molecule has 0 radical (unpaired) electrons. The molecule has 25 heavy (non-hydrogen) atoms. The first kappa shape index (κ1) is 21.8. The van der Waals surface area contributed by atoms with Crippen LogP contribution in [0, 0.1) is 0 Å². The Morgan fingerprint density at radius 1 is 1.12 bits per heavy atom. The summed E-state index contributed by atoms with van der Waals surface area (Å²) < 4.78 is 11.1. The van der Waals surface area contributed by atoms with E-state index in [4.69, 9.17) is 9.47 Å². The highest BCUT2D eigenvalue weighted by atomic mass is 35.5. The number of rotatable bonds is 3. The van der Waals surface area contributed by atoms with E-state index in [1.54, 1.807) is 0 Å². The van der Waals surface area contributed by atoms with E-state index in [0.717, 1.165) is 5.75 Å². The third kappa shape index (κ3) is 5.35. The minimum absolute atomic E-state index is 0. The molecule has 2 atom stereocenters. The van der Waals surface area contributed by atoms with Gasteiger partial charge in [0.25, 0.3) is 0 Å². The lowest BCUT2D eigenvalue weighted by Crippen LogP contribution is -2.31. The van der Waals surface area contributed by atoms with Gasteiger partial charge >= 0.3 is 5.97 Å². The Morgan fingerprint density at radius 3 is 2.28 bits per heavy atom. The molecule has 4 nitrogen and oxygen atoms in total. The number of carbonyl (C=O) groups excluding carboxylic acids is 1. The first-order chi connectivity index (χ1) is 11.0. The first-order valence-electron chi connectivity index (χ1n) is 8.65. The lowest BCUT2D eigenvalue weighted by Gasteiger charge is -2.28. The number of halogens is 1. The molecule has 142 valence electrons. The van der Waals surface area contributed by atoms with Crippen LogP contribution in [0.2, 0.25) is 0 Å². The van der Waals surface area contributed by atoms with Crippen molar-refractivity contribution in [2.45, 2.75) is 70.9 Å². The summed E-state index contributed by atoms with van der Waals surface area (Å²) in [5, 5.41) is 3.17. The van der Waals surface area contributed by atoms with Crippen molar-refractivity contribution in [2.75, 3.05) is 13.7 Å². The molecule has 1 aliphatic rings. The molecular weight excluding hydrogens is 338 g/mol. The maximum absolute atomic E-state index is 11.7. The Morgan fingerprint density at radius 2 is 1.76 bits per heavy atom. The van der Waals surface area contributed by atoms with Crippen molar-refractivity contribution in [1.82, 2.24) is 5.32 Å². The molecule has 1 aromatic carbocycles. The van der Waals surface area contributed by atoms with Crippen LogP contribution in [0.25, 0.3) is 0 Å². The molecule has 1 fully saturated rings. The minimum Gasteiger partial charge on any atom is -0.489 e. The van der Waals surface area contributed by atoms with Gasteiger partial charge in [0.1, 0.15) is 17.9 Å². The van der Waals surface area contributed by atoms with Crippen molar-refractivity contribution in [2.24, 2.45) is 0 Å². The molecule has 0 unspecified atom stereocenters. The topological polar surface area (TPSA) is 47.6 Å².